The Kier molecular flexibility index (Phi) is 3.25. The quantitative estimate of drug-likeness (QED) is 0.618. The molecule has 1 aromatic carbocycles. The molecule has 0 atom stereocenters. The van der Waals surface area contributed by atoms with Gasteiger partial charge < -0.3 is 0 Å². The lowest BCUT2D eigenvalue weighted by Gasteiger charge is -2.06. The predicted molar refractivity (Wildman–Crippen MR) is 69.3 cm³/mol. The molecule has 0 saturated carbocycles. The molecule has 2 rings (SSSR count). The maximum absolute atomic E-state index is 11.5. The monoisotopic (exact) mass is 339 g/mol. The van der Waals surface area contributed by atoms with Gasteiger partial charge in [0.25, 0.3) is 0 Å². The lowest BCUT2D eigenvalue weighted by atomic mass is 10.3. The highest BCUT2D eigenvalue weighted by Gasteiger charge is 2.12. The van der Waals surface area contributed by atoms with Gasteiger partial charge in [0.15, 0.2) is 0 Å². The molecule has 4 nitrogen and oxygen atoms in total. The summed E-state index contributed by atoms with van der Waals surface area (Å²) in [5, 5.41) is 5.48. The number of halogens is 3. The van der Waals surface area contributed by atoms with Gasteiger partial charge in [-0.05, 0) is 40.3 Å². The van der Waals surface area contributed by atoms with Crippen molar-refractivity contribution in [3.63, 3.8) is 0 Å². The SMILES string of the molecule is O=c1[nH][nH]c(=S)n1-c1ccc(Br)c(Cl)c1Cl. The van der Waals surface area contributed by atoms with E-state index in [2.05, 4.69) is 26.1 Å². The van der Waals surface area contributed by atoms with Gasteiger partial charge in [0.1, 0.15) is 0 Å². The lowest BCUT2D eigenvalue weighted by Crippen LogP contribution is -2.15. The first-order chi connectivity index (χ1) is 7.52. The van der Waals surface area contributed by atoms with Crippen molar-refractivity contribution in [2.24, 2.45) is 0 Å². The van der Waals surface area contributed by atoms with Gasteiger partial charge in [-0.2, -0.15) is 0 Å². The Bertz CT molecular complexity index is 633. The standard InChI is InChI=1S/C8H4BrCl2N3OS/c9-3-1-2-4(6(11)5(3)10)14-7(15)12-13-8(14)16/h1-2H,(H,12,15)(H,13,16). The van der Waals surface area contributed by atoms with Crippen LogP contribution in [0, 0.1) is 4.77 Å². The second-order valence-corrected chi connectivity index (χ2v) is 4.89. The Morgan fingerprint density at radius 2 is 1.94 bits per heavy atom. The first-order valence-electron chi connectivity index (χ1n) is 4.06. The molecule has 0 spiro atoms. The van der Waals surface area contributed by atoms with Crippen molar-refractivity contribution >= 4 is 51.3 Å². The minimum absolute atomic E-state index is 0.227. The number of nitrogens with one attached hydrogen (secondary N) is 2. The summed E-state index contributed by atoms with van der Waals surface area (Å²) in [6.07, 6.45) is 0. The van der Waals surface area contributed by atoms with Crippen LogP contribution in [0.25, 0.3) is 5.69 Å². The van der Waals surface area contributed by atoms with Gasteiger partial charge in [-0.3, -0.25) is 5.10 Å². The molecule has 0 unspecified atom stereocenters. The molecule has 84 valence electrons. The number of aromatic nitrogens is 3. The topological polar surface area (TPSA) is 53.6 Å². The minimum Gasteiger partial charge on any atom is -0.272 e. The summed E-state index contributed by atoms with van der Waals surface area (Å²) in [6.45, 7) is 0. The third-order valence-electron chi connectivity index (χ3n) is 1.94. The van der Waals surface area contributed by atoms with Crippen LogP contribution in [0.4, 0.5) is 0 Å². The average molecular weight is 341 g/mol. The van der Waals surface area contributed by atoms with Gasteiger partial charge >= 0.3 is 5.69 Å². The van der Waals surface area contributed by atoms with Crippen LogP contribution >= 0.6 is 51.3 Å². The van der Waals surface area contributed by atoms with Gasteiger partial charge in [-0.15, -0.1) is 0 Å². The third kappa shape index (κ3) is 1.86. The lowest BCUT2D eigenvalue weighted by molar-refractivity contribution is 0.975. The van der Waals surface area contributed by atoms with E-state index in [-0.39, 0.29) is 9.79 Å². The molecule has 0 aliphatic carbocycles. The predicted octanol–water partition coefficient (Wildman–Crippen LogP) is 3.29. The number of rotatable bonds is 1. The zero-order chi connectivity index (χ0) is 11.9. The van der Waals surface area contributed by atoms with E-state index >= 15 is 0 Å². The molecule has 0 amide bonds. The number of hydrogen-bond donors (Lipinski definition) is 2. The van der Waals surface area contributed by atoms with E-state index in [0.717, 1.165) is 0 Å². The van der Waals surface area contributed by atoms with Crippen LogP contribution in [0.2, 0.25) is 10.0 Å². The number of hydrogen-bond acceptors (Lipinski definition) is 2. The van der Waals surface area contributed by atoms with E-state index in [9.17, 15) is 4.79 Å². The van der Waals surface area contributed by atoms with Crippen molar-refractivity contribution in [1.29, 1.82) is 0 Å². The third-order valence-corrected chi connectivity index (χ3v) is 3.98. The normalized spacial score (nSPS) is 10.7. The van der Waals surface area contributed by atoms with Crippen molar-refractivity contribution in [3.8, 4) is 5.69 Å². The van der Waals surface area contributed by atoms with Gasteiger partial charge in [-0.25, -0.2) is 14.5 Å². The second kappa shape index (κ2) is 4.37. The van der Waals surface area contributed by atoms with Gasteiger partial charge in [-0.1, -0.05) is 23.2 Å². The van der Waals surface area contributed by atoms with Crippen LogP contribution in [0.1, 0.15) is 0 Å². The maximum atomic E-state index is 11.5. The Hall–Kier alpha value is -0.560. The van der Waals surface area contributed by atoms with E-state index in [1.54, 1.807) is 12.1 Å². The molecule has 0 radical (unpaired) electrons. The molecule has 0 aliphatic heterocycles. The molecule has 1 heterocycles. The van der Waals surface area contributed by atoms with Crippen LogP contribution in [-0.2, 0) is 0 Å². The van der Waals surface area contributed by atoms with Gasteiger partial charge in [0.2, 0.25) is 4.77 Å². The molecule has 0 bridgehead atoms. The first kappa shape index (κ1) is 11.9. The first-order valence-corrected chi connectivity index (χ1v) is 6.01. The van der Waals surface area contributed by atoms with Gasteiger partial charge in [0.05, 0.1) is 15.7 Å². The van der Waals surface area contributed by atoms with E-state index in [0.29, 0.717) is 15.2 Å². The highest BCUT2D eigenvalue weighted by molar-refractivity contribution is 9.10. The van der Waals surface area contributed by atoms with Crippen LogP contribution in [0.5, 0.6) is 0 Å². The molecule has 8 heteroatoms. The number of H-pyrrole nitrogens is 2. The Labute approximate surface area is 113 Å². The summed E-state index contributed by atoms with van der Waals surface area (Å²) in [5.74, 6) is 0. The molecule has 1 aromatic heterocycles. The Morgan fingerprint density at radius 1 is 1.25 bits per heavy atom. The molecule has 0 saturated heterocycles. The average Bonchev–Trinajstić information content (AvgIpc) is 2.57. The summed E-state index contributed by atoms with van der Waals surface area (Å²) in [4.78, 5) is 11.5. The smallest absolute Gasteiger partial charge is 0.272 e. The van der Waals surface area contributed by atoms with Crippen LogP contribution in [0.3, 0.4) is 0 Å². The molecule has 2 aromatic rings. The minimum atomic E-state index is -0.398. The fraction of sp³-hybridized carbons (Fsp3) is 0. The van der Waals surface area contributed by atoms with Crippen molar-refractivity contribution in [2.45, 2.75) is 0 Å². The van der Waals surface area contributed by atoms with Crippen molar-refractivity contribution in [2.75, 3.05) is 0 Å². The second-order valence-electron chi connectivity index (χ2n) is 2.89. The molecule has 2 N–H and O–H groups in total. The molecular weight excluding hydrogens is 337 g/mol. The number of nitrogens with zero attached hydrogens (tertiary/aromatic N) is 1. The molecule has 0 aliphatic rings. The molecule has 16 heavy (non-hydrogen) atoms. The van der Waals surface area contributed by atoms with E-state index in [1.165, 1.54) is 4.57 Å². The highest BCUT2D eigenvalue weighted by atomic mass is 79.9. The van der Waals surface area contributed by atoms with E-state index in [4.69, 9.17) is 35.4 Å². The summed E-state index contributed by atoms with van der Waals surface area (Å²) < 4.78 is 2.11. The van der Waals surface area contributed by atoms with Crippen molar-refractivity contribution in [1.82, 2.24) is 14.8 Å². The zero-order valence-corrected chi connectivity index (χ0v) is 11.5. The number of aromatic amines is 2. The fourth-order valence-electron chi connectivity index (χ4n) is 1.22. The van der Waals surface area contributed by atoms with E-state index < -0.39 is 5.69 Å². The van der Waals surface area contributed by atoms with Crippen LogP contribution in [-0.4, -0.2) is 14.8 Å². The summed E-state index contributed by atoms with van der Waals surface area (Å²) in [7, 11) is 0. The summed E-state index contributed by atoms with van der Waals surface area (Å²) in [6, 6.07) is 3.34. The molecular formula is C8H4BrCl2N3OS. The Morgan fingerprint density at radius 3 is 2.50 bits per heavy atom. The fourth-order valence-corrected chi connectivity index (χ4v) is 2.30. The van der Waals surface area contributed by atoms with Crippen LogP contribution in [0.15, 0.2) is 21.4 Å². The van der Waals surface area contributed by atoms with Gasteiger partial charge in [0, 0.05) is 4.47 Å². The highest BCUT2D eigenvalue weighted by Crippen LogP contribution is 2.34. The van der Waals surface area contributed by atoms with Crippen LogP contribution < -0.4 is 5.69 Å². The zero-order valence-electron chi connectivity index (χ0n) is 7.55. The van der Waals surface area contributed by atoms with Crippen molar-refractivity contribution in [3.05, 3.63) is 41.9 Å². The largest absolute Gasteiger partial charge is 0.347 e. The number of benzene rings is 1. The van der Waals surface area contributed by atoms with Crippen molar-refractivity contribution < 1.29 is 0 Å². The van der Waals surface area contributed by atoms with E-state index in [1.807, 2.05) is 0 Å². The maximum Gasteiger partial charge on any atom is 0.347 e. The summed E-state index contributed by atoms with van der Waals surface area (Å²) >= 11 is 20.2. The Balaban J connectivity index is 2.81. The summed E-state index contributed by atoms with van der Waals surface area (Å²) in [5.41, 5.74) is 0.0349. The molecule has 0 fully saturated rings.